The van der Waals surface area contributed by atoms with Gasteiger partial charge in [-0.05, 0) is 133 Å². The van der Waals surface area contributed by atoms with E-state index in [-0.39, 0.29) is 18.4 Å². The molecule has 5 aliphatic rings. The van der Waals surface area contributed by atoms with Crippen LogP contribution in [-0.2, 0) is 78.5 Å². The zero-order valence-electron chi connectivity index (χ0n) is 55.3. The molecule has 0 aromatic heterocycles. The topological polar surface area (TPSA) is 227 Å². The molecule has 3 aromatic rings. The lowest BCUT2D eigenvalue weighted by molar-refractivity contribution is -0.161. The van der Waals surface area contributed by atoms with Crippen LogP contribution >= 0.6 is 7.82 Å². The number of unbranched alkanes of at least 4 members (excludes halogenated alkanes) is 22. The summed E-state index contributed by atoms with van der Waals surface area (Å²) in [5.74, 6) is 0.210. The highest BCUT2D eigenvalue weighted by Crippen LogP contribution is 2.49. The van der Waals surface area contributed by atoms with Gasteiger partial charge in [0, 0.05) is 84.1 Å². The molecule has 510 valence electrons. The van der Waals surface area contributed by atoms with Gasteiger partial charge in [-0.2, -0.15) is 0 Å². The first-order chi connectivity index (χ1) is 44.6. The minimum absolute atomic E-state index is 0.0675. The highest BCUT2D eigenvalue weighted by atomic mass is 32.2. The van der Waals surface area contributed by atoms with Crippen LogP contribution < -0.4 is 29.5 Å². The number of carbonyl (C=O) groups is 2. The second-order valence-electron chi connectivity index (χ2n) is 25.9. The third kappa shape index (κ3) is 21.9. The van der Waals surface area contributed by atoms with E-state index in [0.29, 0.717) is 40.7 Å². The van der Waals surface area contributed by atoms with Crippen LogP contribution in [0.15, 0.2) is 64.4 Å². The molecule has 3 aromatic carbocycles. The van der Waals surface area contributed by atoms with Crippen molar-refractivity contribution < 1.29 is 63.7 Å². The fourth-order valence-corrected chi connectivity index (χ4v) is 16.4. The van der Waals surface area contributed by atoms with Crippen molar-refractivity contribution >= 4 is 51.2 Å². The summed E-state index contributed by atoms with van der Waals surface area (Å²) in [4.78, 5) is 38.0. The molecule has 2 unspecified atom stereocenters. The van der Waals surface area contributed by atoms with Crippen molar-refractivity contribution in [3.05, 3.63) is 98.6 Å². The molecule has 0 spiro atoms. The largest absolute Gasteiger partial charge is 0.744 e. The second-order valence-corrected chi connectivity index (χ2v) is 30.5. The quantitative estimate of drug-likeness (QED) is 0.0105. The number of nitrogens with one attached hydrogen (secondary N) is 1. The van der Waals surface area contributed by atoms with Crippen LogP contribution in [0.4, 0.5) is 5.69 Å². The minimum atomic E-state index is -5.33. The number of hydrogen-bond donors (Lipinski definition) is 2. The molecule has 17 nitrogen and oxygen atoms in total. The number of hydrogen-bond acceptors (Lipinski definition) is 14. The minimum Gasteiger partial charge on any atom is -0.744 e. The predicted molar refractivity (Wildman–Crippen MR) is 361 cm³/mol. The van der Waals surface area contributed by atoms with Gasteiger partial charge < -0.3 is 28.6 Å². The molecule has 0 saturated carbocycles. The maximum atomic E-state index is 14.0. The average Bonchev–Trinajstić information content (AvgIpc) is 0.711. The van der Waals surface area contributed by atoms with E-state index >= 15 is 0 Å². The summed E-state index contributed by atoms with van der Waals surface area (Å²) in [5.41, 5.74) is 6.76. The molecule has 0 bridgehead atoms. The maximum Gasteiger partial charge on any atom is 0.472 e. The van der Waals surface area contributed by atoms with Crippen molar-refractivity contribution in [1.29, 1.82) is 0 Å². The van der Waals surface area contributed by atoms with E-state index in [2.05, 4.69) is 64.5 Å². The Hall–Kier alpha value is -4.72. The summed E-state index contributed by atoms with van der Waals surface area (Å²) >= 11 is 0. The molecule has 0 radical (unpaired) electrons. The molecule has 2 N–H and O–H groups in total. The summed E-state index contributed by atoms with van der Waals surface area (Å²) in [6.07, 6.45) is 43.9. The zero-order valence-corrected chi connectivity index (χ0v) is 57.8. The monoisotopic (exact) mass is 1330 g/mol. The smallest absolute Gasteiger partial charge is 0.472 e. The van der Waals surface area contributed by atoms with E-state index < -0.39 is 82.2 Å². The van der Waals surface area contributed by atoms with Gasteiger partial charge in [0.05, 0.1) is 28.6 Å². The number of esters is 2. The highest BCUT2D eigenvalue weighted by Gasteiger charge is 2.37. The number of rotatable bonds is 44. The van der Waals surface area contributed by atoms with E-state index in [4.69, 9.17) is 23.3 Å². The Labute approximate surface area is 549 Å². The highest BCUT2D eigenvalue weighted by molar-refractivity contribution is 7.89. The van der Waals surface area contributed by atoms with Crippen LogP contribution in [0.5, 0.6) is 11.5 Å². The van der Waals surface area contributed by atoms with Crippen LogP contribution in [0.1, 0.15) is 253 Å². The first-order valence-electron chi connectivity index (χ1n) is 35.4. The molecule has 8 rings (SSSR count). The molecule has 20 heteroatoms. The second kappa shape index (κ2) is 37.5. The Bertz CT molecular complexity index is 3400. The Balaban J connectivity index is 0.859. The third-order valence-electron chi connectivity index (χ3n) is 18.6. The maximum absolute atomic E-state index is 14.0. The van der Waals surface area contributed by atoms with Crippen LogP contribution in [0.25, 0.3) is 5.57 Å². The molecule has 0 amide bonds. The first-order valence-corrected chi connectivity index (χ1v) is 39.8. The number of carbonyl (C=O) groups excluding carboxylic acids is 2. The zero-order chi connectivity index (χ0) is 65.2. The van der Waals surface area contributed by atoms with Gasteiger partial charge in [-0.15, -0.1) is 0 Å². The van der Waals surface area contributed by atoms with Crippen molar-refractivity contribution in [2.24, 2.45) is 0 Å². The van der Waals surface area contributed by atoms with E-state index in [1.807, 2.05) is 0 Å². The summed E-state index contributed by atoms with van der Waals surface area (Å²) < 4.78 is 115. The van der Waals surface area contributed by atoms with Crippen molar-refractivity contribution in [3.8, 4) is 11.5 Å². The fraction of sp³-hybridized carbons (Fsp3) is 0.653. The van der Waals surface area contributed by atoms with Crippen molar-refractivity contribution in [2.45, 2.75) is 261 Å². The normalized spacial score (nSPS) is 16.2. The summed E-state index contributed by atoms with van der Waals surface area (Å²) in [6, 6.07) is 7.66. The standard InChI is InChI=1S/C72H106N3O14PS2/c1-3-5-7-9-11-13-15-17-19-21-23-25-27-29-31-41-66(76)85-54-58(88-67(77)42-32-30-28-26-24-22-20-18-16-14-12-10-8-6-4-2)55-87-90(78,79)86-50-45-73-91(80,81)59-43-44-60(65(53-59)92(82,83)84)68-63-51-56-37-33-46-74-48-35-39-61(69(56)74)71(63)89-72-62-40-36-49-75-47-34-38-57(70(62)75)52-64(68)72/h17-20,43-44,51-53,58,73H,3-16,21-42,45-50,54-55H2,1-2H3,(H-,78,79,82,83,84)/b19-17+,20-18+. The lowest BCUT2D eigenvalue weighted by atomic mass is 9.82. The van der Waals surface area contributed by atoms with Crippen LogP contribution in [0.2, 0.25) is 0 Å². The van der Waals surface area contributed by atoms with Gasteiger partial charge in [0.15, 0.2) is 6.10 Å². The number of nitrogens with zero attached hydrogens (tertiary/aromatic N) is 2. The fourth-order valence-electron chi connectivity index (χ4n) is 13.8. The molecule has 0 fully saturated rings. The van der Waals surface area contributed by atoms with E-state index in [0.717, 1.165) is 194 Å². The molecular weight excluding hydrogens is 1230 g/mol. The number of fused-ring (bicyclic) bond motifs is 4. The Kier molecular flexibility index (Phi) is 29.8. The average molecular weight is 1330 g/mol. The van der Waals surface area contributed by atoms with Crippen LogP contribution in [-0.4, -0.2) is 96.9 Å². The number of benzene rings is 3. The number of phosphoric acid groups is 1. The van der Waals surface area contributed by atoms with Gasteiger partial charge in [0.25, 0.3) is 0 Å². The van der Waals surface area contributed by atoms with Crippen LogP contribution in [0.3, 0.4) is 0 Å². The molecule has 0 saturated heterocycles. The molecular formula is C72H106N3O14PS2. The van der Waals surface area contributed by atoms with Crippen LogP contribution in [0, 0.1) is 0 Å². The van der Waals surface area contributed by atoms with Gasteiger partial charge in [-0.1, -0.05) is 147 Å². The van der Waals surface area contributed by atoms with Crippen molar-refractivity contribution in [2.75, 3.05) is 57.4 Å². The summed E-state index contributed by atoms with van der Waals surface area (Å²) in [7, 11) is -14.8. The van der Waals surface area contributed by atoms with E-state index in [1.165, 1.54) is 89.2 Å². The number of aryl methyl sites for hydroxylation is 2. The number of sulfonamides is 1. The number of ether oxygens (including phenoxy) is 3. The summed E-state index contributed by atoms with van der Waals surface area (Å²) in [5, 5.41) is 1.83. The molecule has 2 atom stereocenters. The Morgan fingerprint density at radius 3 is 1.83 bits per heavy atom. The number of anilines is 1. The first kappa shape index (κ1) is 73.1. The molecule has 5 aliphatic heterocycles. The lowest BCUT2D eigenvalue weighted by Crippen LogP contribution is -2.45. The molecule has 92 heavy (non-hydrogen) atoms. The Morgan fingerprint density at radius 2 is 1.21 bits per heavy atom. The SMILES string of the molecule is CCCCCCCC/C=C/CCCCCCCC(=O)OCC(COP(=O)(O)OCCNS(=O)(=O)c1ccc(C2=c3cc4c5c(c3Oc3c2cc2c6c3CCCN6CCC2)CCC[N+]=5CCC4)c(S(=O)(=O)[O-])c1)OC(=O)CCCCCCC/C=C/CCCCCCCC. The van der Waals surface area contributed by atoms with E-state index in [9.17, 15) is 40.4 Å². The van der Waals surface area contributed by atoms with Gasteiger partial charge >= 0.3 is 19.8 Å². The third-order valence-corrected chi connectivity index (χ3v) is 21.9. The lowest BCUT2D eigenvalue weighted by Gasteiger charge is -2.39. The number of phosphoric ester groups is 1. The van der Waals surface area contributed by atoms with Crippen molar-refractivity contribution in [1.82, 2.24) is 9.30 Å². The van der Waals surface area contributed by atoms with Gasteiger partial charge in [-0.25, -0.2) is 30.7 Å². The van der Waals surface area contributed by atoms with Gasteiger partial charge in [-0.3, -0.25) is 18.6 Å². The Morgan fingerprint density at radius 1 is 0.652 bits per heavy atom. The van der Waals surface area contributed by atoms with Gasteiger partial charge in [0.2, 0.25) is 15.4 Å². The predicted octanol–water partition coefficient (Wildman–Crippen LogP) is 14.0. The van der Waals surface area contributed by atoms with E-state index in [1.54, 1.807) is 0 Å². The van der Waals surface area contributed by atoms with Crippen molar-refractivity contribution in [3.63, 3.8) is 0 Å². The molecule has 5 heterocycles. The molecule has 0 aliphatic carbocycles. The number of allylic oxidation sites excluding steroid dienone is 4. The van der Waals surface area contributed by atoms with Gasteiger partial charge in [0.1, 0.15) is 41.3 Å². The summed E-state index contributed by atoms with van der Waals surface area (Å²) in [6.45, 7) is 5.85.